The first kappa shape index (κ1) is 19.2. The van der Waals surface area contributed by atoms with E-state index in [0.717, 1.165) is 5.56 Å². The molecule has 0 saturated heterocycles. The van der Waals surface area contributed by atoms with Crippen LogP contribution in [0.3, 0.4) is 0 Å². The first-order chi connectivity index (χ1) is 11.9. The second-order valence-corrected chi connectivity index (χ2v) is 6.59. The van der Waals surface area contributed by atoms with Crippen LogP contribution in [0.1, 0.15) is 25.5 Å². The highest BCUT2D eigenvalue weighted by molar-refractivity contribution is 6.31. The lowest BCUT2D eigenvalue weighted by atomic mass is 9.96. The first-order valence-corrected chi connectivity index (χ1v) is 8.50. The third-order valence-corrected chi connectivity index (χ3v) is 4.20. The number of quaternary nitrogens is 1. The molecule has 0 radical (unpaired) electrons. The number of rotatable bonds is 7. The summed E-state index contributed by atoms with van der Waals surface area (Å²) in [6.07, 6.45) is 0. The molecule has 1 atom stereocenters. The summed E-state index contributed by atoms with van der Waals surface area (Å²) in [6.45, 7) is 4.38. The quantitative estimate of drug-likeness (QED) is 0.790. The van der Waals surface area contributed by atoms with Gasteiger partial charge in [-0.3, -0.25) is 4.79 Å². The number of amides is 1. The van der Waals surface area contributed by atoms with Crippen LogP contribution in [-0.4, -0.2) is 19.6 Å². The Morgan fingerprint density at radius 3 is 2.52 bits per heavy atom. The van der Waals surface area contributed by atoms with Gasteiger partial charge in [-0.05, 0) is 30.3 Å². The van der Waals surface area contributed by atoms with Crippen LogP contribution < -0.4 is 15.4 Å². The van der Waals surface area contributed by atoms with Crippen molar-refractivity contribution in [3.63, 3.8) is 0 Å². The molecule has 0 unspecified atom stereocenters. The molecule has 2 rings (SSSR count). The van der Waals surface area contributed by atoms with Crippen LogP contribution in [0.4, 0.5) is 10.1 Å². The number of benzene rings is 2. The predicted molar refractivity (Wildman–Crippen MR) is 97.4 cm³/mol. The number of hydrogen-bond donors (Lipinski definition) is 2. The van der Waals surface area contributed by atoms with Gasteiger partial charge in [0.15, 0.2) is 6.54 Å². The summed E-state index contributed by atoms with van der Waals surface area (Å²) in [5.74, 6) is 0.418. The maximum Gasteiger partial charge on any atom is 0.279 e. The maximum absolute atomic E-state index is 13.1. The van der Waals surface area contributed by atoms with E-state index in [1.54, 1.807) is 30.3 Å². The molecule has 1 amide bonds. The fourth-order valence-corrected chi connectivity index (χ4v) is 2.86. The minimum Gasteiger partial charge on any atom is -0.495 e. The van der Waals surface area contributed by atoms with Crippen molar-refractivity contribution in [1.82, 2.24) is 0 Å². The van der Waals surface area contributed by atoms with Gasteiger partial charge in [-0.1, -0.05) is 37.6 Å². The Labute approximate surface area is 152 Å². The summed E-state index contributed by atoms with van der Waals surface area (Å²) in [5.41, 5.74) is 1.53. The molecule has 4 nitrogen and oxygen atoms in total. The number of nitrogens with one attached hydrogen (secondary N) is 1. The van der Waals surface area contributed by atoms with Crippen molar-refractivity contribution in [3.8, 4) is 5.75 Å². The second-order valence-electron chi connectivity index (χ2n) is 6.15. The first-order valence-electron chi connectivity index (χ1n) is 8.13. The smallest absolute Gasteiger partial charge is 0.279 e. The van der Waals surface area contributed by atoms with Crippen molar-refractivity contribution in [2.75, 3.05) is 19.0 Å². The summed E-state index contributed by atoms with van der Waals surface area (Å²) < 4.78 is 18.3. The third-order valence-electron chi connectivity index (χ3n) is 3.97. The van der Waals surface area contributed by atoms with E-state index in [1.807, 2.05) is 5.32 Å². The van der Waals surface area contributed by atoms with Crippen molar-refractivity contribution in [1.29, 1.82) is 0 Å². The van der Waals surface area contributed by atoms with Crippen LogP contribution in [0.15, 0.2) is 42.5 Å². The average Bonchev–Trinajstić information content (AvgIpc) is 2.56. The van der Waals surface area contributed by atoms with Crippen molar-refractivity contribution < 1.29 is 19.2 Å². The molecular weight excluding hydrogens is 343 g/mol. The fraction of sp³-hybridized carbons (Fsp3) is 0.316. The van der Waals surface area contributed by atoms with Gasteiger partial charge in [-0.15, -0.1) is 0 Å². The molecule has 6 heteroatoms. The van der Waals surface area contributed by atoms with E-state index in [1.165, 1.54) is 19.2 Å². The topological polar surface area (TPSA) is 54.9 Å². The van der Waals surface area contributed by atoms with Gasteiger partial charge >= 0.3 is 0 Å². The highest BCUT2D eigenvalue weighted by Crippen LogP contribution is 2.27. The van der Waals surface area contributed by atoms with E-state index >= 15 is 0 Å². The highest BCUT2D eigenvalue weighted by atomic mass is 35.5. The van der Waals surface area contributed by atoms with Gasteiger partial charge < -0.3 is 15.4 Å². The number of methoxy groups -OCH3 is 1. The Morgan fingerprint density at radius 1 is 1.24 bits per heavy atom. The standard InChI is InChI=1S/C19H22ClFN2O2/c1-12(2)19(13-4-7-15(21)8-5-13)22-11-18(24)23-16-10-14(20)6-9-17(16)25-3/h4-10,12,19,22H,11H2,1-3H3,(H,23,24)/p+1/t19-/m0/s1. The van der Waals surface area contributed by atoms with Crippen molar-refractivity contribution >= 4 is 23.2 Å². The fourth-order valence-electron chi connectivity index (χ4n) is 2.69. The summed E-state index contributed by atoms with van der Waals surface area (Å²) >= 11 is 5.97. The Morgan fingerprint density at radius 2 is 1.92 bits per heavy atom. The van der Waals surface area contributed by atoms with E-state index in [2.05, 4.69) is 19.2 Å². The molecule has 25 heavy (non-hydrogen) atoms. The van der Waals surface area contributed by atoms with Crippen molar-refractivity contribution in [2.24, 2.45) is 5.92 Å². The molecule has 0 spiro atoms. The summed E-state index contributed by atoms with van der Waals surface area (Å²) in [4.78, 5) is 12.3. The van der Waals surface area contributed by atoms with Gasteiger partial charge in [0, 0.05) is 16.5 Å². The average molecular weight is 366 g/mol. The zero-order chi connectivity index (χ0) is 18.4. The molecule has 0 saturated carbocycles. The van der Waals surface area contributed by atoms with Gasteiger partial charge in [0.1, 0.15) is 17.6 Å². The summed E-state index contributed by atoms with van der Waals surface area (Å²) in [6, 6.07) is 11.5. The van der Waals surface area contributed by atoms with E-state index in [0.29, 0.717) is 22.4 Å². The zero-order valence-electron chi connectivity index (χ0n) is 14.6. The molecule has 0 aliphatic heterocycles. The number of anilines is 1. The number of nitrogens with two attached hydrogens (primary N) is 1. The second kappa shape index (κ2) is 8.83. The molecule has 0 aliphatic carbocycles. The van der Waals surface area contributed by atoms with Crippen molar-refractivity contribution in [3.05, 3.63) is 58.9 Å². The van der Waals surface area contributed by atoms with Crippen LogP contribution in [0.2, 0.25) is 5.02 Å². The van der Waals surface area contributed by atoms with Crippen LogP contribution >= 0.6 is 11.6 Å². The summed E-state index contributed by atoms with van der Waals surface area (Å²) in [7, 11) is 1.54. The Balaban J connectivity index is 2.02. The minimum atomic E-state index is -0.267. The van der Waals surface area contributed by atoms with Gasteiger partial charge in [-0.25, -0.2) is 4.39 Å². The minimum absolute atomic E-state index is 0.0626. The van der Waals surface area contributed by atoms with E-state index in [-0.39, 0.29) is 24.3 Å². The number of ether oxygens (including phenoxy) is 1. The molecule has 2 aromatic rings. The van der Waals surface area contributed by atoms with Crippen LogP contribution in [0.25, 0.3) is 0 Å². The lowest BCUT2D eigenvalue weighted by molar-refractivity contribution is -0.692. The Hall–Kier alpha value is -2.11. The monoisotopic (exact) mass is 365 g/mol. The molecule has 3 N–H and O–H groups in total. The van der Waals surface area contributed by atoms with Crippen LogP contribution in [0.5, 0.6) is 5.75 Å². The number of hydrogen-bond acceptors (Lipinski definition) is 2. The third kappa shape index (κ3) is 5.44. The van der Waals surface area contributed by atoms with Gasteiger partial charge in [0.2, 0.25) is 0 Å². The normalized spacial score (nSPS) is 12.1. The molecule has 0 fully saturated rings. The van der Waals surface area contributed by atoms with E-state index in [4.69, 9.17) is 16.3 Å². The molecule has 0 bridgehead atoms. The Kier molecular flexibility index (Phi) is 6.79. The van der Waals surface area contributed by atoms with Crippen LogP contribution in [0, 0.1) is 11.7 Å². The largest absolute Gasteiger partial charge is 0.495 e. The van der Waals surface area contributed by atoms with Crippen molar-refractivity contribution in [2.45, 2.75) is 19.9 Å². The predicted octanol–water partition coefficient (Wildman–Crippen LogP) is 3.39. The van der Waals surface area contributed by atoms with E-state index < -0.39 is 0 Å². The molecule has 134 valence electrons. The highest BCUT2D eigenvalue weighted by Gasteiger charge is 2.21. The zero-order valence-corrected chi connectivity index (χ0v) is 15.3. The number of halogens is 2. The SMILES string of the molecule is COc1ccc(Cl)cc1NC(=O)C[NH2+][C@H](c1ccc(F)cc1)C(C)C. The molecule has 0 heterocycles. The summed E-state index contributed by atoms with van der Waals surface area (Å²) in [5, 5.41) is 5.29. The maximum atomic E-state index is 13.1. The Bertz CT molecular complexity index is 720. The number of carbonyl (C=O) groups is 1. The molecular formula is C19H23ClFN2O2+. The van der Waals surface area contributed by atoms with Gasteiger partial charge in [-0.2, -0.15) is 0 Å². The van der Waals surface area contributed by atoms with Crippen LogP contribution in [-0.2, 0) is 4.79 Å². The molecule has 0 aliphatic rings. The molecule has 2 aromatic carbocycles. The lowest BCUT2D eigenvalue weighted by Crippen LogP contribution is -2.88. The van der Waals surface area contributed by atoms with Gasteiger partial charge in [0.25, 0.3) is 5.91 Å². The lowest BCUT2D eigenvalue weighted by Gasteiger charge is -2.19. The number of carbonyl (C=O) groups excluding carboxylic acids is 1. The molecule has 0 aromatic heterocycles. The van der Waals surface area contributed by atoms with Gasteiger partial charge in [0.05, 0.1) is 12.8 Å². The van der Waals surface area contributed by atoms with E-state index in [9.17, 15) is 9.18 Å².